The molecule has 7 heteroatoms. The van der Waals surface area contributed by atoms with Crippen LogP contribution >= 0.6 is 22.9 Å². The van der Waals surface area contributed by atoms with Gasteiger partial charge in [-0.15, -0.1) is 11.3 Å². The lowest BCUT2D eigenvalue weighted by molar-refractivity contribution is 0.346. The largest absolute Gasteiger partial charge is 0.316 e. The molecule has 3 atom stereocenters. The molecule has 0 radical (unpaired) electrons. The zero-order valence-corrected chi connectivity index (χ0v) is 14.7. The molecule has 0 amide bonds. The number of halogens is 1. The zero-order valence-electron chi connectivity index (χ0n) is 12.4. The van der Waals surface area contributed by atoms with Gasteiger partial charge >= 0.3 is 0 Å². The van der Waals surface area contributed by atoms with Crippen molar-refractivity contribution < 1.29 is 8.42 Å². The minimum Gasteiger partial charge on any atom is -0.316 e. The molecule has 4 rings (SSSR count). The third-order valence-electron chi connectivity index (χ3n) is 4.77. The van der Waals surface area contributed by atoms with E-state index in [-0.39, 0.29) is 6.04 Å². The summed E-state index contributed by atoms with van der Waals surface area (Å²) < 4.78 is 28.8. The lowest BCUT2D eigenvalue weighted by Gasteiger charge is -2.27. The number of sulfonamides is 1. The van der Waals surface area contributed by atoms with E-state index in [2.05, 4.69) is 5.32 Å². The Kier molecular flexibility index (Phi) is 3.98. The van der Waals surface area contributed by atoms with Gasteiger partial charge in [-0.1, -0.05) is 41.9 Å². The maximum Gasteiger partial charge on any atom is 0.253 e. The average molecular weight is 369 g/mol. The predicted octanol–water partition coefficient (Wildman–Crippen LogP) is 2.98. The van der Waals surface area contributed by atoms with Crippen molar-refractivity contribution in [2.75, 3.05) is 19.6 Å². The zero-order chi connectivity index (χ0) is 16.0. The van der Waals surface area contributed by atoms with Gasteiger partial charge in [0.05, 0.1) is 10.4 Å². The van der Waals surface area contributed by atoms with Gasteiger partial charge in [-0.05, 0) is 36.1 Å². The minimum atomic E-state index is -3.52. The summed E-state index contributed by atoms with van der Waals surface area (Å²) >= 11 is 7.07. The number of hydrogen-bond acceptors (Lipinski definition) is 4. The van der Waals surface area contributed by atoms with Gasteiger partial charge in [0.1, 0.15) is 4.21 Å². The SMILES string of the molecule is O=S(=O)(c1ccc(Cl)s1)N1C[C@@H]2CNC[C@@H]2[C@H]1c1ccccc1. The number of thiophene rings is 1. The average Bonchev–Trinajstić information content (AvgIpc) is 3.22. The molecule has 4 nitrogen and oxygen atoms in total. The maximum absolute atomic E-state index is 13.1. The minimum absolute atomic E-state index is 0.109. The second-order valence-electron chi connectivity index (χ2n) is 6.07. The van der Waals surface area contributed by atoms with Gasteiger partial charge in [0.25, 0.3) is 10.0 Å². The fraction of sp³-hybridized carbons (Fsp3) is 0.375. The van der Waals surface area contributed by atoms with Crippen LogP contribution in [0.4, 0.5) is 0 Å². The Morgan fingerprint density at radius 2 is 1.91 bits per heavy atom. The standard InChI is InChI=1S/C16H17ClN2O2S2/c17-14-6-7-15(22-14)23(20,21)19-10-12-8-18-9-13(12)16(19)11-4-2-1-3-5-11/h1-7,12-13,16,18H,8-10H2/t12-,13-,16+/m0/s1. The van der Waals surface area contributed by atoms with Crippen LogP contribution in [0.1, 0.15) is 11.6 Å². The molecule has 3 heterocycles. The summed E-state index contributed by atoms with van der Waals surface area (Å²) in [5, 5.41) is 3.40. The Morgan fingerprint density at radius 1 is 1.13 bits per heavy atom. The van der Waals surface area contributed by atoms with Crippen molar-refractivity contribution in [1.82, 2.24) is 9.62 Å². The van der Waals surface area contributed by atoms with E-state index in [0.29, 0.717) is 26.9 Å². The molecule has 1 N–H and O–H groups in total. The van der Waals surface area contributed by atoms with Crippen LogP contribution in [0, 0.1) is 11.8 Å². The molecule has 2 fully saturated rings. The van der Waals surface area contributed by atoms with Crippen molar-refractivity contribution in [2.45, 2.75) is 10.3 Å². The number of fused-ring (bicyclic) bond motifs is 1. The molecule has 2 saturated heterocycles. The Hall–Kier alpha value is -0.920. The van der Waals surface area contributed by atoms with E-state index >= 15 is 0 Å². The molecule has 0 unspecified atom stereocenters. The van der Waals surface area contributed by atoms with Crippen molar-refractivity contribution in [3.8, 4) is 0 Å². The molecule has 1 aromatic carbocycles. The highest BCUT2D eigenvalue weighted by molar-refractivity contribution is 7.91. The molecular weight excluding hydrogens is 352 g/mol. The molecule has 0 bridgehead atoms. The van der Waals surface area contributed by atoms with E-state index in [4.69, 9.17) is 11.6 Å². The van der Waals surface area contributed by atoms with Crippen LogP contribution in [0.5, 0.6) is 0 Å². The van der Waals surface area contributed by atoms with Crippen molar-refractivity contribution in [3.63, 3.8) is 0 Å². The molecule has 2 aliphatic rings. The van der Waals surface area contributed by atoms with Crippen LogP contribution in [0.2, 0.25) is 4.34 Å². The van der Waals surface area contributed by atoms with Crippen molar-refractivity contribution in [2.24, 2.45) is 11.8 Å². The van der Waals surface area contributed by atoms with Crippen LogP contribution in [0.15, 0.2) is 46.7 Å². The highest BCUT2D eigenvalue weighted by Gasteiger charge is 2.49. The summed E-state index contributed by atoms with van der Waals surface area (Å²) in [5.41, 5.74) is 1.06. The fourth-order valence-corrected chi connectivity index (χ4v) is 7.07. The number of nitrogens with one attached hydrogen (secondary N) is 1. The fourth-order valence-electron chi connectivity index (χ4n) is 3.74. The number of benzene rings is 1. The van der Waals surface area contributed by atoms with E-state index in [1.54, 1.807) is 16.4 Å². The highest BCUT2D eigenvalue weighted by atomic mass is 35.5. The molecule has 1 aromatic heterocycles. The molecule has 0 spiro atoms. The Bertz CT molecular complexity index is 806. The quantitative estimate of drug-likeness (QED) is 0.906. The summed E-state index contributed by atoms with van der Waals surface area (Å²) in [7, 11) is -3.52. The monoisotopic (exact) mass is 368 g/mol. The summed E-state index contributed by atoms with van der Waals surface area (Å²) in [6.07, 6.45) is 0. The molecule has 2 aliphatic heterocycles. The first-order chi connectivity index (χ1) is 11.1. The van der Waals surface area contributed by atoms with Crippen molar-refractivity contribution >= 4 is 33.0 Å². The van der Waals surface area contributed by atoms with E-state index in [1.807, 2.05) is 30.3 Å². The van der Waals surface area contributed by atoms with Crippen LogP contribution < -0.4 is 5.32 Å². The number of hydrogen-bond donors (Lipinski definition) is 1. The first-order valence-corrected chi connectivity index (χ1v) is 10.2. The van der Waals surface area contributed by atoms with Crippen LogP contribution in [0.3, 0.4) is 0 Å². The van der Waals surface area contributed by atoms with Gasteiger partial charge in [0.15, 0.2) is 0 Å². The first-order valence-electron chi connectivity index (χ1n) is 7.60. The van der Waals surface area contributed by atoms with Crippen LogP contribution in [-0.4, -0.2) is 32.4 Å². The summed E-state index contributed by atoms with van der Waals surface area (Å²) in [5.74, 6) is 0.688. The van der Waals surface area contributed by atoms with Crippen LogP contribution in [-0.2, 0) is 10.0 Å². The summed E-state index contributed by atoms with van der Waals surface area (Å²) in [6.45, 7) is 2.31. The summed E-state index contributed by atoms with van der Waals surface area (Å²) in [6, 6.07) is 13.1. The molecule has 122 valence electrons. The molecule has 0 aliphatic carbocycles. The Balaban J connectivity index is 1.77. The van der Waals surface area contributed by atoms with E-state index in [9.17, 15) is 8.42 Å². The predicted molar refractivity (Wildman–Crippen MR) is 92.3 cm³/mol. The van der Waals surface area contributed by atoms with Gasteiger partial charge in [-0.3, -0.25) is 0 Å². The lowest BCUT2D eigenvalue weighted by atomic mass is 9.90. The van der Waals surface area contributed by atoms with Gasteiger partial charge < -0.3 is 5.32 Å². The molecule has 0 saturated carbocycles. The van der Waals surface area contributed by atoms with Gasteiger partial charge in [0, 0.05) is 13.1 Å². The Labute approximate surface area is 145 Å². The van der Waals surface area contributed by atoms with Gasteiger partial charge in [-0.25, -0.2) is 8.42 Å². The van der Waals surface area contributed by atoms with Crippen molar-refractivity contribution in [3.05, 3.63) is 52.4 Å². The second kappa shape index (κ2) is 5.86. The van der Waals surface area contributed by atoms with E-state index < -0.39 is 10.0 Å². The van der Waals surface area contributed by atoms with Crippen molar-refractivity contribution in [1.29, 1.82) is 0 Å². The third-order valence-corrected chi connectivity index (χ3v) is 8.32. The maximum atomic E-state index is 13.1. The first kappa shape index (κ1) is 15.6. The van der Waals surface area contributed by atoms with Crippen LogP contribution in [0.25, 0.3) is 0 Å². The van der Waals surface area contributed by atoms with Gasteiger partial charge in [-0.2, -0.15) is 4.31 Å². The van der Waals surface area contributed by atoms with E-state index in [0.717, 1.165) is 30.0 Å². The summed E-state index contributed by atoms with van der Waals surface area (Å²) in [4.78, 5) is 0. The van der Waals surface area contributed by atoms with Gasteiger partial charge in [0.2, 0.25) is 0 Å². The lowest BCUT2D eigenvalue weighted by Crippen LogP contribution is -2.34. The third kappa shape index (κ3) is 2.62. The number of rotatable bonds is 3. The smallest absolute Gasteiger partial charge is 0.253 e. The second-order valence-corrected chi connectivity index (χ2v) is 9.90. The topological polar surface area (TPSA) is 49.4 Å². The number of nitrogens with zero attached hydrogens (tertiary/aromatic N) is 1. The Morgan fingerprint density at radius 3 is 2.61 bits per heavy atom. The highest BCUT2D eigenvalue weighted by Crippen LogP contribution is 2.46. The molecule has 23 heavy (non-hydrogen) atoms. The van der Waals surface area contributed by atoms with E-state index in [1.165, 1.54) is 0 Å². The molecular formula is C16H17ClN2O2S2. The normalized spacial score (nSPS) is 28.1. The molecule has 2 aromatic rings.